The Kier molecular flexibility index (Phi) is 5.14. The van der Waals surface area contributed by atoms with E-state index in [2.05, 4.69) is 10.3 Å². The van der Waals surface area contributed by atoms with Crippen LogP contribution in [0, 0.1) is 11.8 Å². The van der Waals surface area contributed by atoms with E-state index >= 15 is 0 Å². The molecule has 0 spiro atoms. The number of carboxylic acids is 1. The summed E-state index contributed by atoms with van der Waals surface area (Å²) in [7, 11) is 0. The van der Waals surface area contributed by atoms with Crippen molar-refractivity contribution in [1.82, 2.24) is 4.98 Å². The number of hydrogen-bond acceptors (Lipinski definition) is 4. The molecule has 0 radical (unpaired) electrons. The van der Waals surface area contributed by atoms with E-state index in [1.165, 1.54) is 0 Å². The van der Waals surface area contributed by atoms with Crippen LogP contribution >= 0.6 is 0 Å². The Labute approximate surface area is 123 Å². The first-order valence-electron chi connectivity index (χ1n) is 7.25. The second-order valence-corrected chi connectivity index (χ2v) is 5.11. The molecule has 1 aliphatic carbocycles. The first-order chi connectivity index (χ1) is 10.1. The smallest absolute Gasteiger partial charge is 0.307 e. The number of carbonyl (C=O) groups is 2. The van der Waals surface area contributed by atoms with Gasteiger partial charge in [0, 0.05) is 6.20 Å². The topological polar surface area (TPSA) is 88.5 Å². The van der Waals surface area contributed by atoms with E-state index in [1.807, 2.05) is 6.92 Å². The Hall–Kier alpha value is -2.11. The van der Waals surface area contributed by atoms with E-state index in [-0.39, 0.29) is 5.91 Å². The van der Waals surface area contributed by atoms with Gasteiger partial charge < -0.3 is 15.2 Å². The van der Waals surface area contributed by atoms with Crippen molar-refractivity contribution in [3.05, 3.63) is 18.3 Å². The quantitative estimate of drug-likeness (QED) is 0.869. The molecule has 1 aliphatic rings. The summed E-state index contributed by atoms with van der Waals surface area (Å²) < 4.78 is 5.36. The van der Waals surface area contributed by atoms with Crippen molar-refractivity contribution in [2.75, 3.05) is 11.9 Å². The minimum absolute atomic E-state index is 0.268. The van der Waals surface area contributed by atoms with Crippen LogP contribution in [0.25, 0.3) is 0 Å². The minimum Gasteiger partial charge on any atom is -0.481 e. The van der Waals surface area contributed by atoms with Gasteiger partial charge in [0.05, 0.1) is 18.4 Å². The van der Waals surface area contributed by atoms with Crippen LogP contribution in [0.3, 0.4) is 0 Å². The number of nitrogens with zero attached hydrogens (tertiary/aromatic N) is 1. The number of ether oxygens (including phenoxy) is 1. The van der Waals surface area contributed by atoms with Gasteiger partial charge in [-0.15, -0.1) is 0 Å². The fourth-order valence-electron chi connectivity index (χ4n) is 2.70. The van der Waals surface area contributed by atoms with Gasteiger partial charge in [0.25, 0.3) is 0 Å². The number of anilines is 1. The molecule has 0 aromatic carbocycles. The van der Waals surface area contributed by atoms with E-state index in [9.17, 15) is 14.7 Å². The van der Waals surface area contributed by atoms with E-state index < -0.39 is 17.8 Å². The molecule has 1 amide bonds. The SMILES string of the molecule is CCOc1ncccc1NC(=O)C1CCCCC1C(=O)O. The number of aliphatic carboxylic acids is 1. The standard InChI is InChI=1S/C15H20N2O4/c1-2-21-14-12(8-5-9-16-14)17-13(18)10-6-3-4-7-11(10)15(19)20/h5,8-11H,2-4,6-7H2,1H3,(H,17,18)(H,19,20). The number of nitrogens with one attached hydrogen (secondary N) is 1. The third-order valence-corrected chi connectivity index (χ3v) is 3.73. The van der Waals surface area contributed by atoms with Crippen molar-refractivity contribution in [1.29, 1.82) is 0 Å². The van der Waals surface area contributed by atoms with Crippen LogP contribution in [-0.2, 0) is 9.59 Å². The molecule has 1 heterocycles. The van der Waals surface area contributed by atoms with E-state index in [0.717, 1.165) is 12.8 Å². The Morgan fingerprint density at radius 2 is 2.10 bits per heavy atom. The van der Waals surface area contributed by atoms with Crippen LogP contribution in [0.15, 0.2) is 18.3 Å². The van der Waals surface area contributed by atoms with Crippen LogP contribution in [0.2, 0.25) is 0 Å². The first kappa shape index (κ1) is 15.3. The van der Waals surface area contributed by atoms with E-state index in [0.29, 0.717) is 31.0 Å². The van der Waals surface area contributed by atoms with Crippen LogP contribution < -0.4 is 10.1 Å². The largest absolute Gasteiger partial charge is 0.481 e. The molecule has 2 atom stereocenters. The van der Waals surface area contributed by atoms with Gasteiger partial charge in [-0.1, -0.05) is 12.8 Å². The maximum atomic E-state index is 12.4. The highest BCUT2D eigenvalue weighted by molar-refractivity contribution is 5.96. The molecule has 0 aliphatic heterocycles. The Morgan fingerprint density at radius 3 is 2.76 bits per heavy atom. The van der Waals surface area contributed by atoms with Crippen molar-refractivity contribution < 1.29 is 19.4 Å². The van der Waals surface area contributed by atoms with E-state index in [1.54, 1.807) is 18.3 Å². The number of carboxylic acid groups (broad SMARTS) is 1. The molecule has 2 unspecified atom stereocenters. The Balaban J connectivity index is 2.11. The predicted octanol–water partition coefficient (Wildman–Crippen LogP) is 2.31. The highest BCUT2D eigenvalue weighted by atomic mass is 16.5. The van der Waals surface area contributed by atoms with Crippen LogP contribution in [-0.4, -0.2) is 28.6 Å². The van der Waals surface area contributed by atoms with Gasteiger partial charge in [-0.2, -0.15) is 0 Å². The summed E-state index contributed by atoms with van der Waals surface area (Å²) in [6, 6.07) is 3.40. The highest BCUT2D eigenvalue weighted by Crippen LogP contribution is 2.32. The van der Waals surface area contributed by atoms with Gasteiger partial charge in [0.2, 0.25) is 11.8 Å². The molecule has 6 heteroatoms. The predicted molar refractivity (Wildman–Crippen MR) is 77.1 cm³/mol. The first-order valence-corrected chi connectivity index (χ1v) is 7.25. The van der Waals surface area contributed by atoms with Crippen LogP contribution in [0.1, 0.15) is 32.6 Å². The van der Waals surface area contributed by atoms with Crippen molar-refractivity contribution in [3.8, 4) is 5.88 Å². The zero-order valence-corrected chi connectivity index (χ0v) is 12.0. The maximum absolute atomic E-state index is 12.4. The minimum atomic E-state index is -0.897. The second kappa shape index (κ2) is 7.06. The third kappa shape index (κ3) is 3.71. The molecular weight excluding hydrogens is 272 g/mol. The molecule has 2 N–H and O–H groups in total. The Bertz CT molecular complexity index is 518. The van der Waals surface area contributed by atoms with Crippen LogP contribution in [0.5, 0.6) is 5.88 Å². The molecule has 6 nitrogen and oxygen atoms in total. The number of hydrogen-bond donors (Lipinski definition) is 2. The monoisotopic (exact) mass is 292 g/mol. The molecular formula is C15H20N2O4. The second-order valence-electron chi connectivity index (χ2n) is 5.11. The number of pyridine rings is 1. The van der Waals surface area contributed by atoms with Gasteiger partial charge in [0.1, 0.15) is 5.69 Å². The summed E-state index contributed by atoms with van der Waals surface area (Å²) in [6.45, 7) is 2.28. The average Bonchev–Trinajstić information content (AvgIpc) is 2.49. The molecule has 2 rings (SSSR count). The fourth-order valence-corrected chi connectivity index (χ4v) is 2.70. The number of amides is 1. The molecule has 21 heavy (non-hydrogen) atoms. The average molecular weight is 292 g/mol. The summed E-state index contributed by atoms with van der Waals surface area (Å²) >= 11 is 0. The Morgan fingerprint density at radius 1 is 1.38 bits per heavy atom. The maximum Gasteiger partial charge on any atom is 0.307 e. The zero-order valence-electron chi connectivity index (χ0n) is 12.0. The van der Waals surface area contributed by atoms with Gasteiger partial charge in [-0.25, -0.2) is 4.98 Å². The van der Waals surface area contributed by atoms with Gasteiger partial charge in [-0.3, -0.25) is 9.59 Å². The molecule has 114 valence electrons. The number of carbonyl (C=O) groups excluding carboxylic acids is 1. The normalized spacial score (nSPS) is 21.6. The van der Waals surface area contributed by atoms with Crippen molar-refractivity contribution in [2.45, 2.75) is 32.6 Å². The highest BCUT2D eigenvalue weighted by Gasteiger charge is 2.35. The summed E-state index contributed by atoms with van der Waals surface area (Å²) in [5.41, 5.74) is 0.485. The van der Waals surface area contributed by atoms with Crippen molar-refractivity contribution >= 4 is 17.6 Å². The number of aromatic nitrogens is 1. The fraction of sp³-hybridized carbons (Fsp3) is 0.533. The summed E-state index contributed by atoms with van der Waals surface area (Å²) in [6.07, 6.45) is 4.48. The van der Waals surface area contributed by atoms with Gasteiger partial charge in [-0.05, 0) is 31.9 Å². The molecule has 1 saturated carbocycles. The summed E-state index contributed by atoms with van der Waals surface area (Å²) in [5, 5.41) is 12.0. The summed E-state index contributed by atoms with van der Waals surface area (Å²) in [5.74, 6) is -1.91. The number of rotatable bonds is 5. The van der Waals surface area contributed by atoms with Gasteiger partial charge >= 0.3 is 5.97 Å². The lowest BCUT2D eigenvalue weighted by atomic mass is 9.78. The molecule has 0 bridgehead atoms. The van der Waals surface area contributed by atoms with Gasteiger partial charge in [0.15, 0.2) is 0 Å². The van der Waals surface area contributed by atoms with E-state index in [4.69, 9.17) is 4.74 Å². The molecule has 0 saturated heterocycles. The van der Waals surface area contributed by atoms with Crippen molar-refractivity contribution in [3.63, 3.8) is 0 Å². The van der Waals surface area contributed by atoms with Crippen molar-refractivity contribution in [2.24, 2.45) is 11.8 Å². The van der Waals surface area contributed by atoms with Crippen LogP contribution in [0.4, 0.5) is 5.69 Å². The summed E-state index contributed by atoms with van der Waals surface area (Å²) in [4.78, 5) is 27.7. The molecule has 1 fully saturated rings. The molecule has 1 aromatic rings. The molecule has 1 aromatic heterocycles. The lowest BCUT2D eigenvalue weighted by molar-refractivity contribution is -0.147. The third-order valence-electron chi connectivity index (χ3n) is 3.73. The zero-order chi connectivity index (χ0) is 15.2. The lowest BCUT2D eigenvalue weighted by Gasteiger charge is -2.27. The lowest BCUT2D eigenvalue weighted by Crippen LogP contribution is -2.36.